The van der Waals surface area contributed by atoms with E-state index in [0.717, 1.165) is 11.1 Å². The zero-order valence-corrected chi connectivity index (χ0v) is 14.5. The molecule has 0 spiro atoms. The van der Waals surface area contributed by atoms with Gasteiger partial charge in [-0.1, -0.05) is 23.8 Å². The summed E-state index contributed by atoms with van der Waals surface area (Å²) >= 11 is 0. The Morgan fingerprint density at radius 1 is 1.16 bits per heavy atom. The molecule has 0 radical (unpaired) electrons. The summed E-state index contributed by atoms with van der Waals surface area (Å²) in [5.41, 5.74) is 2.37. The molecule has 0 unspecified atom stereocenters. The van der Waals surface area contributed by atoms with Crippen molar-refractivity contribution in [3.8, 4) is 11.5 Å². The van der Waals surface area contributed by atoms with Gasteiger partial charge in [0.2, 0.25) is 0 Å². The molecular formula is C19H21F2NO3. The van der Waals surface area contributed by atoms with Gasteiger partial charge < -0.3 is 14.4 Å². The first-order chi connectivity index (χ1) is 11.9. The molecule has 1 amide bonds. The van der Waals surface area contributed by atoms with Crippen LogP contribution in [0.5, 0.6) is 11.5 Å². The molecule has 0 aliphatic rings. The first-order valence-corrected chi connectivity index (χ1v) is 7.93. The van der Waals surface area contributed by atoms with Crippen molar-refractivity contribution >= 4 is 5.91 Å². The third-order valence-corrected chi connectivity index (χ3v) is 3.56. The molecule has 2 aromatic rings. The van der Waals surface area contributed by atoms with E-state index in [1.165, 1.54) is 6.07 Å². The fraction of sp³-hybridized carbons (Fsp3) is 0.316. The summed E-state index contributed by atoms with van der Waals surface area (Å²) in [6.07, 6.45) is 0. The second-order valence-electron chi connectivity index (χ2n) is 5.62. The van der Waals surface area contributed by atoms with Gasteiger partial charge in [-0.2, -0.15) is 8.78 Å². The van der Waals surface area contributed by atoms with E-state index in [4.69, 9.17) is 4.74 Å². The quantitative estimate of drug-likeness (QED) is 0.749. The molecule has 6 heteroatoms. The SMILES string of the molecule is CCOc1cc(CN(C)C(=O)c2cccc(C)c2)ccc1OC(F)F. The van der Waals surface area contributed by atoms with Crippen LogP contribution < -0.4 is 9.47 Å². The van der Waals surface area contributed by atoms with Crippen molar-refractivity contribution in [1.29, 1.82) is 0 Å². The molecule has 0 aromatic heterocycles. The molecule has 2 aromatic carbocycles. The second-order valence-corrected chi connectivity index (χ2v) is 5.62. The molecule has 0 bridgehead atoms. The number of amides is 1. The van der Waals surface area contributed by atoms with E-state index in [2.05, 4.69) is 4.74 Å². The van der Waals surface area contributed by atoms with Crippen molar-refractivity contribution in [3.05, 3.63) is 59.2 Å². The lowest BCUT2D eigenvalue weighted by molar-refractivity contribution is -0.0514. The van der Waals surface area contributed by atoms with Gasteiger partial charge >= 0.3 is 6.61 Å². The molecule has 4 nitrogen and oxygen atoms in total. The normalized spacial score (nSPS) is 10.6. The van der Waals surface area contributed by atoms with Gasteiger partial charge in [-0.3, -0.25) is 4.79 Å². The summed E-state index contributed by atoms with van der Waals surface area (Å²) in [4.78, 5) is 14.1. The fourth-order valence-electron chi connectivity index (χ4n) is 2.46. The summed E-state index contributed by atoms with van der Waals surface area (Å²) in [5.74, 6) is 0.0968. The molecule has 0 aliphatic heterocycles. The van der Waals surface area contributed by atoms with Crippen LogP contribution in [0.25, 0.3) is 0 Å². The highest BCUT2D eigenvalue weighted by molar-refractivity contribution is 5.94. The maximum Gasteiger partial charge on any atom is 0.387 e. The van der Waals surface area contributed by atoms with Gasteiger partial charge in [0.25, 0.3) is 5.91 Å². The van der Waals surface area contributed by atoms with Crippen molar-refractivity contribution in [2.45, 2.75) is 27.0 Å². The standard InChI is InChI=1S/C19H21F2NO3/c1-4-24-17-11-14(8-9-16(17)25-19(20)21)12-22(3)18(23)15-7-5-6-13(2)10-15/h5-11,19H,4,12H2,1-3H3. The largest absolute Gasteiger partial charge is 0.490 e. The number of hydrogen-bond donors (Lipinski definition) is 0. The first-order valence-electron chi connectivity index (χ1n) is 7.93. The van der Waals surface area contributed by atoms with Gasteiger partial charge in [-0.15, -0.1) is 0 Å². The average molecular weight is 349 g/mol. The van der Waals surface area contributed by atoms with Gasteiger partial charge in [0, 0.05) is 19.2 Å². The lowest BCUT2D eigenvalue weighted by atomic mass is 10.1. The lowest BCUT2D eigenvalue weighted by Gasteiger charge is -2.19. The highest BCUT2D eigenvalue weighted by Crippen LogP contribution is 2.30. The Hall–Kier alpha value is -2.63. The van der Waals surface area contributed by atoms with E-state index >= 15 is 0 Å². The summed E-state index contributed by atoms with van der Waals surface area (Å²) in [6, 6.07) is 12.0. The van der Waals surface area contributed by atoms with Crippen LogP contribution >= 0.6 is 0 Å². The molecule has 25 heavy (non-hydrogen) atoms. The zero-order valence-electron chi connectivity index (χ0n) is 14.5. The first kappa shape index (κ1) is 18.7. The number of benzene rings is 2. The Balaban J connectivity index is 2.15. The number of hydrogen-bond acceptors (Lipinski definition) is 3. The van der Waals surface area contributed by atoms with Crippen LogP contribution in [-0.2, 0) is 6.54 Å². The molecule has 0 fully saturated rings. The maximum atomic E-state index is 12.5. The van der Waals surface area contributed by atoms with Crippen molar-refractivity contribution < 1.29 is 23.0 Å². The predicted molar refractivity (Wildman–Crippen MR) is 91.2 cm³/mol. The summed E-state index contributed by atoms with van der Waals surface area (Å²) in [6.45, 7) is 1.40. The molecular weight excluding hydrogens is 328 g/mol. The number of carbonyl (C=O) groups excluding carboxylic acids is 1. The van der Waals surface area contributed by atoms with E-state index < -0.39 is 6.61 Å². The van der Waals surface area contributed by atoms with Gasteiger partial charge in [-0.05, 0) is 43.7 Å². The second kappa shape index (κ2) is 8.46. The van der Waals surface area contributed by atoms with Crippen LogP contribution in [0.2, 0.25) is 0 Å². The van der Waals surface area contributed by atoms with Crippen molar-refractivity contribution in [2.24, 2.45) is 0 Å². The van der Waals surface area contributed by atoms with Gasteiger partial charge in [0.05, 0.1) is 6.61 Å². The summed E-state index contributed by atoms with van der Waals surface area (Å²) < 4.78 is 34.7. The van der Waals surface area contributed by atoms with Crippen molar-refractivity contribution in [2.75, 3.05) is 13.7 Å². The number of halogens is 2. The molecule has 0 saturated heterocycles. The number of carbonyl (C=O) groups is 1. The molecule has 134 valence electrons. The molecule has 0 aliphatic carbocycles. The third-order valence-electron chi connectivity index (χ3n) is 3.56. The van der Waals surface area contributed by atoms with Gasteiger partial charge in [0.15, 0.2) is 11.5 Å². The zero-order chi connectivity index (χ0) is 18.4. The van der Waals surface area contributed by atoms with Crippen LogP contribution in [0.3, 0.4) is 0 Å². The topological polar surface area (TPSA) is 38.8 Å². The van der Waals surface area contributed by atoms with Crippen LogP contribution in [0, 0.1) is 6.92 Å². The minimum atomic E-state index is -2.92. The van der Waals surface area contributed by atoms with Crippen LogP contribution in [0.4, 0.5) is 8.78 Å². The number of ether oxygens (including phenoxy) is 2. The highest BCUT2D eigenvalue weighted by atomic mass is 19.3. The Kier molecular flexibility index (Phi) is 6.33. The Labute approximate surface area is 146 Å². The Morgan fingerprint density at radius 3 is 2.56 bits per heavy atom. The van der Waals surface area contributed by atoms with Crippen LogP contribution in [-0.4, -0.2) is 31.1 Å². The number of alkyl halides is 2. The lowest BCUT2D eigenvalue weighted by Crippen LogP contribution is -2.26. The van der Waals surface area contributed by atoms with Crippen molar-refractivity contribution in [3.63, 3.8) is 0 Å². The van der Waals surface area contributed by atoms with Crippen LogP contribution in [0.1, 0.15) is 28.4 Å². The van der Waals surface area contributed by atoms with E-state index in [-0.39, 0.29) is 17.4 Å². The molecule has 0 atom stereocenters. The predicted octanol–water partition coefficient (Wildman–Crippen LogP) is 4.27. The van der Waals surface area contributed by atoms with Gasteiger partial charge in [0.1, 0.15) is 0 Å². The number of nitrogens with zero attached hydrogens (tertiary/aromatic N) is 1. The smallest absolute Gasteiger partial charge is 0.387 e. The Bertz CT molecular complexity index is 734. The average Bonchev–Trinajstić information content (AvgIpc) is 2.56. The van der Waals surface area contributed by atoms with Crippen LogP contribution in [0.15, 0.2) is 42.5 Å². The molecule has 2 rings (SSSR count). The maximum absolute atomic E-state index is 12.5. The number of aryl methyl sites for hydroxylation is 1. The Morgan fingerprint density at radius 2 is 1.92 bits per heavy atom. The minimum Gasteiger partial charge on any atom is -0.490 e. The van der Waals surface area contributed by atoms with E-state index in [9.17, 15) is 13.6 Å². The van der Waals surface area contributed by atoms with Gasteiger partial charge in [-0.25, -0.2) is 0 Å². The van der Waals surface area contributed by atoms with E-state index in [1.54, 1.807) is 37.1 Å². The summed E-state index contributed by atoms with van der Waals surface area (Å²) in [5, 5.41) is 0. The minimum absolute atomic E-state index is 0.0201. The van der Waals surface area contributed by atoms with E-state index in [1.807, 2.05) is 25.1 Å². The molecule has 0 N–H and O–H groups in total. The molecule has 0 saturated carbocycles. The molecule has 0 heterocycles. The number of rotatable bonds is 7. The summed E-state index contributed by atoms with van der Waals surface area (Å²) in [7, 11) is 1.69. The monoisotopic (exact) mass is 349 g/mol. The third kappa shape index (κ3) is 5.17. The van der Waals surface area contributed by atoms with Crippen molar-refractivity contribution in [1.82, 2.24) is 4.90 Å². The fourth-order valence-corrected chi connectivity index (χ4v) is 2.46. The highest BCUT2D eigenvalue weighted by Gasteiger charge is 2.15. The van der Waals surface area contributed by atoms with E-state index in [0.29, 0.717) is 18.7 Å².